The van der Waals surface area contributed by atoms with Crippen LogP contribution in [0.1, 0.15) is 36.5 Å². The van der Waals surface area contributed by atoms with Crippen LogP contribution in [0.4, 0.5) is 0 Å². The highest BCUT2D eigenvalue weighted by atomic mass is 32.1. The maximum atomic E-state index is 12.5. The number of carbonyl (C=O) groups is 2. The first-order chi connectivity index (χ1) is 12.3. The van der Waals surface area contributed by atoms with Crippen molar-refractivity contribution >= 4 is 23.2 Å². The van der Waals surface area contributed by atoms with Crippen LogP contribution in [-0.4, -0.2) is 39.5 Å². The third-order valence-corrected chi connectivity index (χ3v) is 4.70. The minimum Gasteiger partial charge on any atom is -0.486 e. The third kappa shape index (κ3) is 6.15. The number of hydrogen-bond donors (Lipinski definition) is 1. The zero-order valence-electron chi connectivity index (χ0n) is 15.3. The minimum absolute atomic E-state index is 0.0511. The Morgan fingerprint density at radius 3 is 2.58 bits per heavy atom. The molecular weight excluding hydrogens is 352 g/mol. The first-order valence-corrected chi connectivity index (χ1v) is 9.37. The van der Waals surface area contributed by atoms with Gasteiger partial charge in [0, 0.05) is 18.0 Å². The second kappa shape index (κ2) is 9.33. The van der Waals surface area contributed by atoms with Crippen molar-refractivity contribution in [2.45, 2.75) is 46.3 Å². The molecule has 1 amide bonds. The van der Waals surface area contributed by atoms with E-state index in [4.69, 9.17) is 9.84 Å². The van der Waals surface area contributed by atoms with Crippen LogP contribution in [0.25, 0.3) is 0 Å². The summed E-state index contributed by atoms with van der Waals surface area (Å²) in [5.74, 6) is -0.242. The van der Waals surface area contributed by atoms with E-state index in [0.717, 1.165) is 10.8 Å². The van der Waals surface area contributed by atoms with E-state index in [1.807, 2.05) is 50.4 Å². The Morgan fingerprint density at radius 2 is 1.96 bits per heavy atom. The van der Waals surface area contributed by atoms with E-state index in [9.17, 15) is 9.59 Å². The summed E-state index contributed by atoms with van der Waals surface area (Å²) in [6, 6.07) is 7.75. The predicted octanol–water partition coefficient (Wildman–Crippen LogP) is 3.28. The molecule has 0 radical (unpaired) electrons. The quantitative estimate of drug-likeness (QED) is 0.726. The lowest BCUT2D eigenvalue weighted by Gasteiger charge is -2.25. The lowest BCUT2D eigenvalue weighted by molar-refractivity contribution is -0.139. The van der Waals surface area contributed by atoms with Crippen molar-refractivity contribution in [3.05, 3.63) is 45.9 Å². The van der Waals surface area contributed by atoms with Crippen molar-refractivity contribution < 1.29 is 19.4 Å². The number of hydrogen-bond acceptors (Lipinski definition) is 5. The molecule has 0 atom stereocenters. The van der Waals surface area contributed by atoms with Crippen LogP contribution in [0.2, 0.25) is 0 Å². The molecule has 0 aliphatic heterocycles. The Bertz CT molecular complexity index is 740. The van der Waals surface area contributed by atoms with Gasteiger partial charge in [-0.2, -0.15) is 0 Å². The normalized spacial score (nSPS) is 10.8. The number of rotatable bonds is 9. The van der Waals surface area contributed by atoms with E-state index in [0.29, 0.717) is 12.3 Å². The highest BCUT2D eigenvalue weighted by Crippen LogP contribution is 2.17. The van der Waals surface area contributed by atoms with Crippen LogP contribution < -0.4 is 4.74 Å². The molecule has 2 aromatic rings. The fourth-order valence-corrected chi connectivity index (χ4v) is 3.12. The van der Waals surface area contributed by atoms with E-state index in [-0.39, 0.29) is 31.3 Å². The lowest BCUT2D eigenvalue weighted by atomic mass is 10.2. The average Bonchev–Trinajstić information content (AvgIpc) is 3.01. The Kier molecular flexibility index (Phi) is 7.15. The summed E-state index contributed by atoms with van der Waals surface area (Å²) in [6.07, 6.45) is 0.107. The molecule has 1 heterocycles. The lowest BCUT2D eigenvalue weighted by Crippen LogP contribution is -2.39. The average molecular weight is 376 g/mol. The summed E-state index contributed by atoms with van der Waals surface area (Å²) in [4.78, 5) is 29.2. The molecular formula is C19H24N2O4S. The number of carbonyl (C=O) groups excluding carboxylic acids is 1. The number of ether oxygens (including phenoxy) is 1. The molecule has 0 aliphatic rings. The fraction of sp³-hybridized carbons (Fsp3) is 0.421. The van der Waals surface area contributed by atoms with E-state index in [1.165, 1.54) is 16.9 Å². The van der Waals surface area contributed by atoms with Gasteiger partial charge in [-0.1, -0.05) is 17.7 Å². The SMILES string of the molecule is Cc1ccc(OCc2nc(CC(=O)N(CCC(=O)O)C(C)C)cs2)cc1. The molecule has 140 valence electrons. The summed E-state index contributed by atoms with van der Waals surface area (Å²) in [5.41, 5.74) is 1.86. The van der Waals surface area contributed by atoms with Gasteiger partial charge in [0.2, 0.25) is 5.91 Å². The molecule has 0 spiro atoms. The van der Waals surface area contributed by atoms with Crippen molar-refractivity contribution in [1.82, 2.24) is 9.88 Å². The fourth-order valence-electron chi connectivity index (χ4n) is 2.42. The molecule has 0 bridgehead atoms. The Morgan fingerprint density at radius 1 is 1.27 bits per heavy atom. The molecule has 0 aliphatic carbocycles. The predicted molar refractivity (Wildman–Crippen MR) is 100 cm³/mol. The first kappa shape index (κ1) is 19.9. The smallest absolute Gasteiger partial charge is 0.305 e. The zero-order valence-corrected chi connectivity index (χ0v) is 16.1. The molecule has 0 fully saturated rings. The van der Waals surface area contributed by atoms with Gasteiger partial charge in [-0.3, -0.25) is 9.59 Å². The molecule has 0 unspecified atom stereocenters. The standard InChI is InChI=1S/C19H24N2O4S/c1-13(2)21(9-8-19(23)24)18(22)10-15-12-26-17(20-15)11-25-16-6-4-14(3)5-7-16/h4-7,12-13H,8-11H2,1-3H3,(H,23,24). The number of benzene rings is 1. The molecule has 1 aromatic heterocycles. The Balaban J connectivity index is 1.90. The van der Waals surface area contributed by atoms with E-state index in [1.54, 1.807) is 4.90 Å². The third-order valence-electron chi connectivity index (χ3n) is 3.83. The number of aryl methyl sites for hydroxylation is 1. The maximum absolute atomic E-state index is 12.5. The van der Waals surface area contributed by atoms with Crippen LogP contribution >= 0.6 is 11.3 Å². The number of aromatic nitrogens is 1. The van der Waals surface area contributed by atoms with Crippen molar-refractivity contribution in [2.75, 3.05) is 6.54 Å². The van der Waals surface area contributed by atoms with Crippen molar-refractivity contribution in [1.29, 1.82) is 0 Å². The molecule has 26 heavy (non-hydrogen) atoms. The van der Waals surface area contributed by atoms with E-state index in [2.05, 4.69) is 4.98 Å². The Labute approximate surface area is 157 Å². The summed E-state index contributed by atoms with van der Waals surface area (Å²) in [7, 11) is 0. The van der Waals surface area contributed by atoms with E-state index < -0.39 is 5.97 Å². The van der Waals surface area contributed by atoms with Gasteiger partial charge < -0.3 is 14.7 Å². The molecule has 0 saturated carbocycles. The second-order valence-corrected chi connectivity index (χ2v) is 7.28. The summed E-state index contributed by atoms with van der Waals surface area (Å²) in [6.45, 7) is 6.34. The van der Waals surface area contributed by atoms with Gasteiger partial charge in [-0.25, -0.2) is 4.98 Å². The van der Waals surface area contributed by atoms with Crippen LogP contribution in [0.15, 0.2) is 29.6 Å². The zero-order chi connectivity index (χ0) is 19.1. The molecule has 6 nitrogen and oxygen atoms in total. The van der Waals surface area contributed by atoms with Crippen LogP contribution in [0, 0.1) is 6.92 Å². The molecule has 1 N–H and O–H groups in total. The van der Waals surface area contributed by atoms with Gasteiger partial charge in [0.15, 0.2) is 0 Å². The van der Waals surface area contributed by atoms with Crippen molar-refractivity contribution in [3.8, 4) is 5.75 Å². The number of nitrogens with zero attached hydrogens (tertiary/aromatic N) is 2. The number of thiazole rings is 1. The van der Waals surface area contributed by atoms with E-state index >= 15 is 0 Å². The minimum atomic E-state index is -0.910. The highest BCUT2D eigenvalue weighted by molar-refractivity contribution is 7.09. The summed E-state index contributed by atoms with van der Waals surface area (Å²) < 4.78 is 5.70. The molecule has 2 rings (SSSR count). The number of amides is 1. The van der Waals surface area contributed by atoms with Gasteiger partial charge in [0.25, 0.3) is 0 Å². The monoisotopic (exact) mass is 376 g/mol. The maximum Gasteiger partial charge on any atom is 0.305 e. The Hall–Kier alpha value is -2.41. The van der Waals surface area contributed by atoms with Gasteiger partial charge in [-0.05, 0) is 32.9 Å². The van der Waals surface area contributed by atoms with Crippen LogP contribution in [-0.2, 0) is 22.6 Å². The highest BCUT2D eigenvalue weighted by Gasteiger charge is 2.19. The van der Waals surface area contributed by atoms with Gasteiger partial charge in [0.1, 0.15) is 17.4 Å². The summed E-state index contributed by atoms with van der Waals surface area (Å²) in [5, 5.41) is 11.5. The van der Waals surface area contributed by atoms with Gasteiger partial charge >= 0.3 is 5.97 Å². The number of carboxylic acid groups (broad SMARTS) is 1. The number of aliphatic carboxylic acids is 1. The molecule has 0 saturated heterocycles. The second-order valence-electron chi connectivity index (χ2n) is 6.34. The van der Waals surface area contributed by atoms with Gasteiger partial charge in [-0.15, -0.1) is 11.3 Å². The number of carboxylic acids is 1. The molecule has 1 aromatic carbocycles. The summed E-state index contributed by atoms with van der Waals surface area (Å²) >= 11 is 1.45. The van der Waals surface area contributed by atoms with Crippen LogP contribution in [0.5, 0.6) is 5.75 Å². The largest absolute Gasteiger partial charge is 0.486 e. The molecule has 7 heteroatoms. The van der Waals surface area contributed by atoms with Crippen molar-refractivity contribution in [3.63, 3.8) is 0 Å². The van der Waals surface area contributed by atoms with Crippen molar-refractivity contribution in [2.24, 2.45) is 0 Å². The van der Waals surface area contributed by atoms with Crippen LogP contribution in [0.3, 0.4) is 0 Å². The topological polar surface area (TPSA) is 79.7 Å². The van der Waals surface area contributed by atoms with Gasteiger partial charge in [0.05, 0.1) is 18.5 Å². The first-order valence-electron chi connectivity index (χ1n) is 8.49.